The van der Waals surface area contributed by atoms with Gasteiger partial charge in [-0.15, -0.1) is 0 Å². The molecule has 4 rings (SSSR count). The van der Waals surface area contributed by atoms with Crippen LogP contribution in [-0.4, -0.2) is 34.2 Å². The fourth-order valence-corrected chi connectivity index (χ4v) is 4.47. The Morgan fingerprint density at radius 2 is 1.52 bits per heavy atom. The number of amides is 1. The first kappa shape index (κ1) is 19.4. The highest BCUT2D eigenvalue weighted by Gasteiger charge is 2.42. The number of piperidine rings is 1. The van der Waals surface area contributed by atoms with Crippen molar-refractivity contribution in [1.29, 1.82) is 0 Å². The van der Waals surface area contributed by atoms with Gasteiger partial charge in [-0.2, -0.15) is 0 Å². The molecule has 0 radical (unpaired) electrons. The van der Waals surface area contributed by atoms with Gasteiger partial charge in [0.1, 0.15) is 16.9 Å². The Balaban J connectivity index is 1.59. The number of hydrogen-bond acceptors (Lipinski definition) is 4. The molecule has 0 bridgehead atoms. The summed E-state index contributed by atoms with van der Waals surface area (Å²) < 4.78 is 5.16. The molecule has 3 aromatic rings. The summed E-state index contributed by atoms with van der Waals surface area (Å²) >= 11 is 0. The van der Waals surface area contributed by atoms with Crippen molar-refractivity contribution in [3.8, 4) is 0 Å². The maximum Gasteiger partial charge on any atom is 0.259 e. The van der Waals surface area contributed by atoms with Gasteiger partial charge in [0.15, 0.2) is 0 Å². The fourth-order valence-electron chi connectivity index (χ4n) is 4.47. The first-order valence-electron chi connectivity index (χ1n) is 10.1. The summed E-state index contributed by atoms with van der Waals surface area (Å²) in [6.07, 6.45) is 1.44. The summed E-state index contributed by atoms with van der Waals surface area (Å²) in [6.45, 7) is 4.74. The van der Waals surface area contributed by atoms with Crippen LogP contribution >= 0.6 is 0 Å². The van der Waals surface area contributed by atoms with Crippen LogP contribution in [0.25, 0.3) is 0 Å². The van der Waals surface area contributed by atoms with Gasteiger partial charge in [0.05, 0.1) is 5.69 Å². The van der Waals surface area contributed by atoms with E-state index in [0.29, 0.717) is 30.1 Å². The maximum absolute atomic E-state index is 13.0. The van der Waals surface area contributed by atoms with Crippen molar-refractivity contribution in [3.63, 3.8) is 0 Å². The second-order valence-electron chi connectivity index (χ2n) is 7.76. The number of aryl methyl sites for hydroxylation is 2. The van der Waals surface area contributed by atoms with E-state index in [0.717, 1.165) is 24.0 Å². The Bertz CT molecular complexity index is 915. The zero-order valence-electron chi connectivity index (χ0n) is 16.8. The minimum Gasteiger partial charge on any atom is -0.380 e. The molecule has 2 heterocycles. The van der Waals surface area contributed by atoms with Gasteiger partial charge >= 0.3 is 0 Å². The molecule has 150 valence electrons. The summed E-state index contributed by atoms with van der Waals surface area (Å²) in [5.74, 6) is 0.531. The third-order valence-electron chi connectivity index (χ3n) is 6.05. The summed E-state index contributed by atoms with van der Waals surface area (Å²) in [6, 6.07) is 19.7. The maximum atomic E-state index is 13.0. The van der Waals surface area contributed by atoms with Crippen LogP contribution < -0.4 is 0 Å². The zero-order valence-corrected chi connectivity index (χ0v) is 16.8. The van der Waals surface area contributed by atoms with E-state index in [1.807, 2.05) is 65.6 Å². The van der Waals surface area contributed by atoms with Gasteiger partial charge in [-0.25, -0.2) is 0 Å². The van der Waals surface area contributed by atoms with E-state index in [-0.39, 0.29) is 11.8 Å². The van der Waals surface area contributed by atoms with Crippen LogP contribution in [0.1, 0.15) is 45.8 Å². The van der Waals surface area contributed by atoms with Crippen LogP contribution in [0.3, 0.4) is 0 Å². The molecule has 1 aromatic heterocycles. The fraction of sp³-hybridized carbons (Fsp3) is 0.333. The van der Waals surface area contributed by atoms with Crippen molar-refractivity contribution in [2.24, 2.45) is 5.92 Å². The number of carbonyl (C=O) groups excluding carboxylic acids is 1. The van der Waals surface area contributed by atoms with E-state index in [2.05, 4.69) is 5.16 Å². The molecule has 5 nitrogen and oxygen atoms in total. The van der Waals surface area contributed by atoms with Crippen LogP contribution in [0.5, 0.6) is 0 Å². The number of benzene rings is 2. The third-order valence-corrected chi connectivity index (χ3v) is 6.05. The highest BCUT2D eigenvalue weighted by Crippen LogP contribution is 2.42. The molecular formula is C24H26N2O3. The van der Waals surface area contributed by atoms with Gasteiger partial charge in [0, 0.05) is 13.1 Å². The lowest BCUT2D eigenvalue weighted by molar-refractivity contribution is -0.0123. The molecule has 5 heteroatoms. The number of aromatic nitrogens is 1. The molecule has 0 saturated carbocycles. The number of hydrogen-bond donors (Lipinski definition) is 1. The van der Waals surface area contributed by atoms with E-state index >= 15 is 0 Å². The number of nitrogens with zero attached hydrogens (tertiary/aromatic N) is 2. The predicted octanol–water partition coefficient (Wildman–Crippen LogP) is 4.08. The first-order chi connectivity index (χ1) is 14.0. The number of carbonyl (C=O) groups is 1. The van der Waals surface area contributed by atoms with Crippen LogP contribution in [0.4, 0.5) is 0 Å². The van der Waals surface area contributed by atoms with Gasteiger partial charge in [0.2, 0.25) is 0 Å². The van der Waals surface area contributed by atoms with E-state index in [9.17, 15) is 9.90 Å². The molecule has 1 fully saturated rings. The Hall–Kier alpha value is -2.92. The SMILES string of the molecule is Cc1noc(C)c1C(=O)N1CCC(C(O)(c2ccccc2)c2ccccc2)CC1. The summed E-state index contributed by atoms with van der Waals surface area (Å²) in [5.41, 5.74) is 1.88. The van der Waals surface area contributed by atoms with E-state index in [1.165, 1.54) is 0 Å². The van der Waals surface area contributed by atoms with Crippen molar-refractivity contribution < 1.29 is 14.4 Å². The van der Waals surface area contributed by atoms with E-state index < -0.39 is 5.60 Å². The van der Waals surface area contributed by atoms with Crippen LogP contribution in [0.2, 0.25) is 0 Å². The van der Waals surface area contributed by atoms with Crippen molar-refractivity contribution in [2.75, 3.05) is 13.1 Å². The monoisotopic (exact) mass is 390 g/mol. The normalized spacial score (nSPS) is 15.5. The Labute approximate surface area is 171 Å². The molecular weight excluding hydrogens is 364 g/mol. The van der Waals surface area contributed by atoms with E-state index in [1.54, 1.807) is 13.8 Å². The van der Waals surface area contributed by atoms with Crippen LogP contribution in [0, 0.1) is 19.8 Å². The van der Waals surface area contributed by atoms with Crippen molar-refractivity contribution in [3.05, 3.63) is 88.8 Å². The van der Waals surface area contributed by atoms with Gasteiger partial charge in [-0.3, -0.25) is 4.79 Å². The Morgan fingerprint density at radius 1 is 1.00 bits per heavy atom. The molecule has 0 unspecified atom stereocenters. The first-order valence-corrected chi connectivity index (χ1v) is 10.1. The van der Waals surface area contributed by atoms with Gasteiger partial charge < -0.3 is 14.5 Å². The van der Waals surface area contributed by atoms with Crippen molar-refractivity contribution >= 4 is 5.91 Å². The van der Waals surface area contributed by atoms with Crippen molar-refractivity contribution in [1.82, 2.24) is 10.1 Å². The lowest BCUT2D eigenvalue weighted by Gasteiger charge is -2.42. The topological polar surface area (TPSA) is 66.6 Å². The number of aliphatic hydroxyl groups is 1. The molecule has 0 spiro atoms. The molecule has 1 amide bonds. The quantitative estimate of drug-likeness (QED) is 0.729. The largest absolute Gasteiger partial charge is 0.380 e. The molecule has 1 aliphatic heterocycles. The number of likely N-dealkylation sites (tertiary alicyclic amines) is 1. The summed E-state index contributed by atoms with van der Waals surface area (Å²) in [5, 5.41) is 15.9. The average molecular weight is 390 g/mol. The standard InChI is InChI=1S/C24H26N2O3/c1-17-22(18(2)29-25-17)23(27)26-15-13-21(14-16-26)24(28,19-9-5-3-6-10-19)20-11-7-4-8-12-20/h3-12,21,28H,13-16H2,1-2H3. The molecule has 29 heavy (non-hydrogen) atoms. The van der Waals surface area contributed by atoms with Gasteiger partial charge in [-0.1, -0.05) is 65.8 Å². The van der Waals surface area contributed by atoms with Crippen LogP contribution in [0.15, 0.2) is 65.2 Å². The minimum atomic E-state index is -1.08. The lowest BCUT2D eigenvalue weighted by Crippen LogP contribution is -2.46. The summed E-state index contributed by atoms with van der Waals surface area (Å²) in [4.78, 5) is 14.8. The van der Waals surface area contributed by atoms with Gasteiger partial charge in [-0.05, 0) is 43.7 Å². The smallest absolute Gasteiger partial charge is 0.259 e. The Kier molecular flexibility index (Phi) is 5.24. The van der Waals surface area contributed by atoms with Crippen molar-refractivity contribution in [2.45, 2.75) is 32.3 Å². The highest BCUT2D eigenvalue weighted by atomic mass is 16.5. The molecule has 1 aliphatic rings. The predicted molar refractivity (Wildman–Crippen MR) is 110 cm³/mol. The zero-order chi connectivity index (χ0) is 20.4. The lowest BCUT2D eigenvalue weighted by atomic mass is 9.72. The molecule has 0 atom stereocenters. The summed E-state index contributed by atoms with van der Waals surface area (Å²) in [7, 11) is 0. The molecule has 1 N–H and O–H groups in total. The highest BCUT2D eigenvalue weighted by molar-refractivity contribution is 5.96. The number of rotatable bonds is 4. The van der Waals surface area contributed by atoms with Gasteiger partial charge in [0.25, 0.3) is 5.91 Å². The van der Waals surface area contributed by atoms with Crippen LogP contribution in [-0.2, 0) is 5.60 Å². The molecule has 2 aromatic carbocycles. The second kappa shape index (κ2) is 7.84. The minimum absolute atomic E-state index is 0.0148. The molecule has 1 saturated heterocycles. The Morgan fingerprint density at radius 3 is 1.97 bits per heavy atom. The third kappa shape index (κ3) is 3.47. The average Bonchev–Trinajstić information content (AvgIpc) is 3.12. The molecule has 0 aliphatic carbocycles. The van der Waals surface area contributed by atoms with E-state index in [4.69, 9.17) is 4.52 Å². The second-order valence-corrected chi connectivity index (χ2v) is 7.76.